The summed E-state index contributed by atoms with van der Waals surface area (Å²) in [6.07, 6.45) is 0.801. The lowest BCUT2D eigenvalue weighted by Crippen LogP contribution is -2.28. The molecule has 1 aromatic carbocycles. The molecule has 122 valence electrons. The fourth-order valence-electron chi connectivity index (χ4n) is 1.26. The Balaban J connectivity index is 3.24. The quantitative estimate of drug-likeness (QED) is 0.388. The molecule has 6 nitrogen and oxygen atoms in total. The Bertz CT molecular complexity index is 817. The first-order valence-corrected chi connectivity index (χ1v) is 7.00. The highest BCUT2D eigenvalue weighted by Gasteiger charge is 2.48. The maximum atomic E-state index is 13.7. The molecule has 0 aliphatic carbocycles. The minimum Gasteiger partial charge on any atom is -0.376 e. The highest BCUT2D eigenvalue weighted by molar-refractivity contribution is 7.88. The van der Waals surface area contributed by atoms with Crippen molar-refractivity contribution in [1.29, 1.82) is 10.5 Å². The monoisotopic (exact) mass is 349 g/mol. The molecule has 0 aliphatic rings. The molecule has 0 atom stereocenters. The van der Waals surface area contributed by atoms with Crippen LogP contribution in [0.5, 0.6) is 5.75 Å². The second-order valence-electron chi connectivity index (χ2n) is 4.01. The van der Waals surface area contributed by atoms with Crippen molar-refractivity contribution >= 4 is 15.8 Å². The molecule has 0 aromatic heterocycles. The number of benzene rings is 1. The number of rotatable bonds is 4. The van der Waals surface area contributed by atoms with Crippen LogP contribution >= 0.6 is 0 Å². The van der Waals surface area contributed by atoms with Crippen LogP contribution in [0.25, 0.3) is 0 Å². The molecule has 23 heavy (non-hydrogen) atoms. The van der Waals surface area contributed by atoms with E-state index in [0.29, 0.717) is 6.07 Å². The van der Waals surface area contributed by atoms with Crippen LogP contribution in [0, 0.1) is 35.4 Å². The van der Waals surface area contributed by atoms with Gasteiger partial charge in [0.2, 0.25) is 0 Å². The standard InChI is InChI=1S/C12H7F4N3O3S/c1-7-2-9(13)10(19-6-8(4-17)5-18)3-11(7)22-23(20,21)12(14,15)16/h2-3,6,19H,1H3. The number of nitriles is 2. The van der Waals surface area contributed by atoms with Crippen LogP contribution in [-0.4, -0.2) is 13.9 Å². The van der Waals surface area contributed by atoms with Crippen molar-refractivity contribution in [2.45, 2.75) is 12.4 Å². The highest BCUT2D eigenvalue weighted by Crippen LogP contribution is 2.31. The molecular formula is C12H7F4N3O3S. The lowest BCUT2D eigenvalue weighted by Gasteiger charge is -2.13. The molecule has 0 saturated carbocycles. The number of halogens is 4. The average molecular weight is 349 g/mol. The van der Waals surface area contributed by atoms with Gasteiger partial charge in [-0.15, -0.1) is 0 Å². The summed E-state index contributed by atoms with van der Waals surface area (Å²) >= 11 is 0. The predicted octanol–water partition coefficient (Wildman–Crippen LogP) is 2.71. The molecule has 11 heteroatoms. The fraction of sp³-hybridized carbons (Fsp3) is 0.167. The SMILES string of the molecule is Cc1cc(F)c(NC=C(C#N)C#N)cc1OS(=O)(=O)C(F)(F)F. The topological polar surface area (TPSA) is 103 Å². The number of nitrogens with zero attached hydrogens (tertiary/aromatic N) is 2. The first-order valence-electron chi connectivity index (χ1n) is 5.59. The smallest absolute Gasteiger partial charge is 0.376 e. The number of alkyl halides is 3. The van der Waals surface area contributed by atoms with Crippen molar-refractivity contribution in [3.63, 3.8) is 0 Å². The van der Waals surface area contributed by atoms with Crippen molar-refractivity contribution in [2.24, 2.45) is 0 Å². The van der Waals surface area contributed by atoms with Crippen molar-refractivity contribution in [1.82, 2.24) is 0 Å². The number of allylic oxidation sites excluding steroid dienone is 1. The van der Waals surface area contributed by atoms with E-state index in [1.54, 1.807) is 0 Å². The largest absolute Gasteiger partial charge is 0.534 e. The van der Waals surface area contributed by atoms with Gasteiger partial charge in [0, 0.05) is 12.3 Å². The van der Waals surface area contributed by atoms with Gasteiger partial charge in [0.25, 0.3) is 0 Å². The Morgan fingerprint density at radius 3 is 2.35 bits per heavy atom. The Kier molecular flexibility index (Phi) is 5.19. The summed E-state index contributed by atoms with van der Waals surface area (Å²) in [7, 11) is -5.91. The van der Waals surface area contributed by atoms with Crippen LogP contribution in [0.3, 0.4) is 0 Å². The lowest BCUT2D eigenvalue weighted by atomic mass is 10.2. The van der Waals surface area contributed by atoms with Gasteiger partial charge in [0.15, 0.2) is 0 Å². The van der Waals surface area contributed by atoms with Crippen LogP contribution in [0.2, 0.25) is 0 Å². The van der Waals surface area contributed by atoms with E-state index >= 15 is 0 Å². The van der Waals surface area contributed by atoms with Crippen LogP contribution < -0.4 is 9.50 Å². The molecule has 1 aromatic rings. The van der Waals surface area contributed by atoms with Gasteiger partial charge in [-0.05, 0) is 18.6 Å². The molecule has 0 unspecified atom stereocenters. The molecule has 0 heterocycles. The molecule has 0 aliphatic heterocycles. The Morgan fingerprint density at radius 1 is 1.30 bits per heavy atom. The molecule has 0 fully saturated rings. The molecule has 0 bridgehead atoms. The number of hydrogen-bond acceptors (Lipinski definition) is 6. The van der Waals surface area contributed by atoms with Gasteiger partial charge in [-0.1, -0.05) is 0 Å². The molecule has 0 spiro atoms. The normalized spacial score (nSPS) is 11.1. The minimum absolute atomic E-state index is 0.203. The molecule has 1 N–H and O–H groups in total. The van der Waals surface area contributed by atoms with Gasteiger partial charge < -0.3 is 9.50 Å². The van der Waals surface area contributed by atoms with Gasteiger partial charge in [-0.25, -0.2) is 4.39 Å². The van der Waals surface area contributed by atoms with Gasteiger partial charge in [0.1, 0.15) is 29.3 Å². The maximum absolute atomic E-state index is 13.7. The van der Waals surface area contributed by atoms with Crippen molar-refractivity contribution in [3.05, 3.63) is 35.3 Å². The van der Waals surface area contributed by atoms with E-state index < -0.39 is 38.5 Å². The van der Waals surface area contributed by atoms with Crippen molar-refractivity contribution in [2.75, 3.05) is 5.32 Å². The summed E-state index contributed by atoms with van der Waals surface area (Å²) in [4.78, 5) is 0. The molecule has 0 saturated heterocycles. The van der Waals surface area contributed by atoms with Gasteiger partial charge >= 0.3 is 15.6 Å². The molecule has 0 amide bonds. The number of hydrogen-bond donors (Lipinski definition) is 1. The van der Waals surface area contributed by atoms with Crippen molar-refractivity contribution in [3.8, 4) is 17.9 Å². The summed E-state index contributed by atoms with van der Waals surface area (Å²) in [5.41, 5.74) is -6.76. The highest BCUT2D eigenvalue weighted by atomic mass is 32.2. The van der Waals surface area contributed by atoms with Crippen molar-refractivity contribution < 1.29 is 30.2 Å². The third kappa shape index (κ3) is 4.34. The Labute approximate surface area is 128 Å². The van der Waals surface area contributed by atoms with E-state index in [9.17, 15) is 26.0 Å². The molecule has 0 radical (unpaired) electrons. The molecule has 1 rings (SSSR count). The summed E-state index contributed by atoms with van der Waals surface area (Å²) < 4.78 is 76.4. The van der Waals surface area contributed by atoms with E-state index in [0.717, 1.165) is 19.2 Å². The Morgan fingerprint density at radius 2 is 1.87 bits per heavy atom. The van der Waals surface area contributed by atoms with Crippen LogP contribution in [0.15, 0.2) is 23.9 Å². The first-order chi connectivity index (χ1) is 10.5. The third-order valence-electron chi connectivity index (χ3n) is 2.36. The maximum Gasteiger partial charge on any atom is 0.534 e. The number of aryl methyl sites for hydroxylation is 1. The number of nitrogens with one attached hydrogen (secondary N) is 1. The average Bonchev–Trinajstić information content (AvgIpc) is 2.43. The zero-order chi connectivity index (χ0) is 17.8. The first kappa shape index (κ1) is 18.3. The Hall–Kier alpha value is -2.79. The second kappa shape index (κ2) is 6.54. The minimum atomic E-state index is -5.91. The van der Waals surface area contributed by atoms with E-state index in [4.69, 9.17) is 10.5 Å². The van der Waals surface area contributed by atoms with Crippen LogP contribution in [0.1, 0.15) is 5.56 Å². The predicted molar refractivity (Wildman–Crippen MR) is 69.7 cm³/mol. The summed E-state index contributed by atoms with van der Waals surface area (Å²) in [5, 5.41) is 19.2. The van der Waals surface area contributed by atoms with E-state index in [-0.39, 0.29) is 5.56 Å². The zero-order valence-corrected chi connectivity index (χ0v) is 12.1. The lowest BCUT2D eigenvalue weighted by molar-refractivity contribution is -0.0500. The van der Waals surface area contributed by atoms with Gasteiger partial charge in [-0.3, -0.25) is 0 Å². The van der Waals surface area contributed by atoms with Crippen LogP contribution in [-0.2, 0) is 10.1 Å². The van der Waals surface area contributed by atoms with E-state index in [2.05, 4.69) is 9.50 Å². The van der Waals surface area contributed by atoms with E-state index in [1.165, 1.54) is 12.1 Å². The second-order valence-corrected chi connectivity index (χ2v) is 5.54. The summed E-state index contributed by atoms with van der Waals surface area (Å²) in [6.45, 7) is 1.14. The van der Waals surface area contributed by atoms with Gasteiger partial charge in [-0.2, -0.15) is 32.1 Å². The molecular weight excluding hydrogens is 342 g/mol. The van der Waals surface area contributed by atoms with E-state index in [1.807, 2.05) is 0 Å². The third-order valence-corrected chi connectivity index (χ3v) is 3.33. The van der Waals surface area contributed by atoms with Gasteiger partial charge in [0.05, 0.1) is 5.69 Å². The summed E-state index contributed by atoms with van der Waals surface area (Å²) in [6, 6.07) is 4.32. The van der Waals surface area contributed by atoms with Crippen LogP contribution in [0.4, 0.5) is 23.2 Å². The fourth-order valence-corrected chi connectivity index (χ4v) is 1.77. The zero-order valence-electron chi connectivity index (χ0n) is 11.3. The summed E-state index contributed by atoms with van der Waals surface area (Å²) in [5.74, 6) is -1.71. The number of anilines is 1.